The number of nitrogens with zero attached hydrogens (tertiary/aromatic N) is 3. The Morgan fingerprint density at radius 1 is 1.33 bits per heavy atom. The number of anilines is 2. The standard InChI is InChI=1S/C15H18N4O2/c1-10-13(9-16-15(17-10)19(2)3)14(20)18-11-6-5-7-12(8-11)21-4/h5-9H,1-4H3,(H,18,20). The number of hydrogen-bond donors (Lipinski definition) is 1. The number of nitrogens with one attached hydrogen (secondary N) is 1. The second kappa shape index (κ2) is 6.21. The van der Waals surface area contributed by atoms with Gasteiger partial charge in [-0.05, 0) is 19.1 Å². The van der Waals surface area contributed by atoms with E-state index >= 15 is 0 Å². The van der Waals surface area contributed by atoms with Crippen molar-refractivity contribution in [2.75, 3.05) is 31.4 Å². The van der Waals surface area contributed by atoms with Crippen molar-refractivity contribution in [2.24, 2.45) is 0 Å². The number of aromatic nitrogens is 2. The summed E-state index contributed by atoms with van der Waals surface area (Å²) in [6, 6.07) is 7.18. The molecule has 110 valence electrons. The lowest BCUT2D eigenvalue weighted by molar-refractivity contribution is 0.102. The number of benzene rings is 1. The molecule has 0 radical (unpaired) electrons. The van der Waals surface area contributed by atoms with Crippen molar-refractivity contribution in [2.45, 2.75) is 6.92 Å². The molecule has 0 aliphatic carbocycles. The van der Waals surface area contributed by atoms with Gasteiger partial charge in [-0.3, -0.25) is 4.79 Å². The molecule has 0 saturated heterocycles. The Kier molecular flexibility index (Phi) is 4.37. The van der Waals surface area contributed by atoms with E-state index in [1.165, 1.54) is 6.20 Å². The fourth-order valence-corrected chi connectivity index (χ4v) is 1.79. The quantitative estimate of drug-likeness (QED) is 0.932. The highest BCUT2D eigenvalue weighted by Crippen LogP contribution is 2.18. The van der Waals surface area contributed by atoms with Crippen LogP contribution in [0.5, 0.6) is 5.75 Å². The first-order valence-corrected chi connectivity index (χ1v) is 6.47. The van der Waals surface area contributed by atoms with Crippen molar-refractivity contribution in [3.8, 4) is 5.75 Å². The van der Waals surface area contributed by atoms with Gasteiger partial charge < -0.3 is 15.0 Å². The van der Waals surface area contributed by atoms with Crippen LogP contribution in [0.1, 0.15) is 16.1 Å². The van der Waals surface area contributed by atoms with Crippen LogP contribution in [0.3, 0.4) is 0 Å². The van der Waals surface area contributed by atoms with Crippen molar-refractivity contribution < 1.29 is 9.53 Å². The second-order valence-electron chi connectivity index (χ2n) is 4.75. The summed E-state index contributed by atoms with van der Waals surface area (Å²) in [5, 5.41) is 2.81. The van der Waals surface area contributed by atoms with Gasteiger partial charge >= 0.3 is 0 Å². The molecule has 0 aliphatic rings. The molecule has 0 bridgehead atoms. The summed E-state index contributed by atoms with van der Waals surface area (Å²) in [5.41, 5.74) is 1.74. The number of methoxy groups -OCH3 is 1. The monoisotopic (exact) mass is 286 g/mol. The zero-order valence-electron chi connectivity index (χ0n) is 12.5. The Labute approximate surface area is 123 Å². The number of hydrogen-bond acceptors (Lipinski definition) is 5. The third-order valence-electron chi connectivity index (χ3n) is 2.94. The molecule has 2 rings (SSSR count). The van der Waals surface area contributed by atoms with Gasteiger partial charge in [0.25, 0.3) is 5.91 Å². The van der Waals surface area contributed by atoms with Crippen LogP contribution >= 0.6 is 0 Å². The molecule has 6 heteroatoms. The SMILES string of the molecule is COc1cccc(NC(=O)c2cnc(N(C)C)nc2C)c1. The number of carbonyl (C=O) groups is 1. The van der Waals surface area contributed by atoms with Gasteiger partial charge in [-0.25, -0.2) is 9.97 Å². The van der Waals surface area contributed by atoms with E-state index in [0.717, 1.165) is 0 Å². The van der Waals surface area contributed by atoms with Crippen molar-refractivity contribution in [3.63, 3.8) is 0 Å². The molecular weight excluding hydrogens is 268 g/mol. The fraction of sp³-hybridized carbons (Fsp3) is 0.267. The third kappa shape index (κ3) is 3.47. The van der Waals surface area contributed by atoms with Gasteiger partial charge in [0.05, 0.1) is 18.4 Å². The minimum absolute atomic E-state index is 0.244. The van der Waals surface area contributed by atoms with Crippen LogP contribution in [-0.4, -0.2) is 37.1 Å². The van der Waals surface area contributed by atoms with Gasteiger partial charge in [-0.15, -0.1) is 0 Å². The van der Waals surface area contributed by atoms with Gasteiger partial charge in [0, 0.05) is 32.0 Å². The van der Waals surface area contributed by atoms with Gasteiger partial charge in [-0.1, -0.05) is 6.07 Å². The molecule has 1 N–H and O–H groups in total. The first kappa shape index (κ1) is 14.8. The number of rotatable bonds is 4. The number of amides is 1. The lowest BCUT2D eigenvalue weighted by Gasteiger charge is -2.12. The Balaban J connectivity index is 2.20. The Hall–Kier alpha value is -2.63. The average molecular weight is 286 g/mol. The molecule has 0 atom stereocenters. The average Bonchev–Trinajstić information content (AvgIpc) is 2.47. The molecule has 0 spiro atoms. The summed E-state index contributed by atoms with van der Waals surface area (Å²) >= 11 is 0. The van der Waals surface area contributed by atoms with Crippen LogP contribution < -0.4 is 15.0 Å². The maximum atomic E-state index is 12.3. The summed E-state index contributed by atoms with van der Waals surface area (Å²) in [5.74, 6) is 1.01. The number of ether oxygens (including phenoxy) is 1. The zero-order valence-corrected chi connectivity index (χ0v) is 12.5. The summed E-state index contributed by atoms with van der Waals surface area (Å²) < 4.78 is 5.13. The largest absolute Gasteiger partial charge is 0.497 e. The van der Waals surface area contributed by atoms with E-state index in [9.17, 15) is 4.79 Å². The van der Waals surface area contributed by atoms with Crippen LogP contribution in [0.4, 0.5) is 11.6 Å². The molecule has 1 amide bonds. The summed E-state index contributed by atoms with van der Waals surface area (Å²) in [6.07, 6.45) is 1.53. The van der Waals surface area contributed by atoms with Gasteiger partial charge in [-0.2, -0.15) is 0 Å². The number of carbonyl (C=O) groups excluding carboxylic acids is 1. The van der Waals surface area contributed by atoms with Crippen LogP contribution in [0.15, 0.2) is 30.5 Å². The molecule has 0 saturated carbocycles. The van der Waals surface area contributed by atoms with E-state index in [4.69, 9.17) is 4.74 Å². The lowest BCUT2D eigenvalue weighted by Crippen LogP contribution is -2.18. The Morgan fingerprint density at radius 3 is 2.71 bits per heavy atom. The van der Waals surface area contributed by atoms with E-state index in [-0.39, 0.29) is 5.91 Å². The molecule has 1 aromatic carbocycles. The molecule has 6 nitrogen and oxygen atoms in total. The van der Waals surface area contributed by atoms with E-state index in [1.807, 2.05) is 26.2 Å². The molecule has 2 aromatic rings. The first-order valence-electron chi connectivity index (χ1n) is 6.47. The zero-order chi connectivity index (χ0) is 15.4. The highest BCUT2D eigenvalue weighted by Gasteiger charge is 2.13. The second-order valence-corrected chi connectivity index (χ2v) is 4.75. The summed E-state index contributed by atoms with van der Waals surface area (Å²) in [4.78, 5) is 22.5. The molecule has 0 fully saturated rings. The predicted octanol–water partition coefficient (Wildman–Crippen LogP) is 2.11. The molecule has 1 heterocycles. The van der Waals surface area contributed by atoms with Crippen LogP contribution in [0.2, 0.25) is 0 Å². The van der Waals surface area contributed by atoms with Crippen molar-refractivity contribution in [1.29, 1.82) is 0 Å². The van der Waals surface area contributed by atoms with Gasteiger partial charge in [0.2, 0.25) is 5.95 Å². The van der Waals surface area contributed by atoms with E-state index in [0.29, 0.717) is 28.6 Å². The van der Waals surface area contributed by atoms with Gasteiger partial charge in [0.15, 0.2) is 0 Å². The minimum atomic E-state index is -0.244. The lowest BCUT2D eigenvalue weighted by atomic mass is 10.2. The van der Waals surface area contributed by atoms with E-state index < -0.39 is 0 Å². The highest BCUT2D eigenvalue weighted by molar-refractivity contribution is 6.04. The van der Waals surface area contributed by atoms with Crippen molar-refractivity contribution in [1.82, 2.24) is 9.97 Å². The smallest absolute Gasteiger partial charge is 0.259 e. The van der Waals surface area contributed by atoms with Crippen LogP contribution in [0, 0.1) is 6.92 Å². The van der Waals surface area contributed by atoms with Crippen LogP contribution in [0.25, 0.3) is 0 Å². The summed E-state index contributed by atoms with van der Waals surface area (Å²) in [7, 11) is 5.29. The molecule has 0 unspecified atom stereocenters. The van der Waals surface area contributed by atoms with E-state index in [1.54, 1.807) is 31.1 Å². The maximum Gasteiger partial charge on any atom is 0.259 e. The Morgan fingerprint density at radius 2 is 2.10 bits per heavy atom. The summed E-state index contributed by atoms with van der Waals surface area (Å²) in [6.45, 7) is 1.79. The van der Waals surface area contributed by atoms with Crippen LogP contribution in [-0.2, 0) is 0 Å². The molecular formula is C15H18N4O2. The highest BCUT2D eigenvalue weighted by atomic mass is 16.5. The minimum Gasteiger partial charge on any atom is -0.497 e. The molecule has 0 aliphatic heterocycles. The Bertz CT molecular complexity index is 656. The predicted molar refractivity (Wildman–Crippen MR) is 82.0 cm³/mol. The van der Waals surface area contributed by atoms with Gasteiger partial charge in [0.1, 0.15) is 5.75 Å². The van der Waals surface area contributed by atoms with Crippen molar-refractivity contribution in [3.05, 3.63) is 41.7 Å². The third-order valence-corrected chi connectivity index (χ3v) is 2.94. The van der Waals surface area contributed by atoms with Crippen molar-refractivity contribution >= 4 is 17.5 Å². The maximum absolute atomic E-state index is 12.3. The topological polar surface area (TPSA) is 67.3 Å². The molecule has 21 heavy (non-hydrogen) atoms. The van der Waals surface area contributed by atoms with E-state index in [2.05, 4.69) is 15.3 Å². The molecule has 1 aromatic heterocycles. The normalized spacial score (nSPS) is 10.1. The number of aryl methyl sites for hydroxylation is 1. The first-order chi connectivity index (χ1) is 10.0. The fourth-order valence-electron chi connectivity index (χ4n) is 1.79.